The number of nitrogens with one attached hydrogen (secondary N) is 1. The number of methoxy groups -OCH3 is 1. The van der Waals surface area contributed by atoms with E-state index in [-0.39, 0.29) is 0 Å². The molecule has 2 heteroatoms. The first-order valence-electron chi connectivity index (χ1n) is 7.59. The lowest BCUT2D eigenvalue weighted by Crippen LogP contribution is -2.47. The zero-order valence-corrected chi connectivity index (χ0v) is 12.9. The van der Waals surface area contributed by atoms with Crippen molar-refractivity contribution in [3.63, 3.8) is 0 Å². The zero-order chi connectivity index (χ0) is 13.4. The van der Waals surface area contributed by atoms with Crippen molar-refractivity contribution in [2.24, 2.45) is 10.8 Å². The molecule has 106 valence electrons. The van der Waals surface area contributed by atoms with Gasteiger partial charge < -0.3 is 10.1 Å². The summed E-state index contributed by atoms with van der Waals surface area (Å²) in [5.74, 6) is 0. The summed E-state index contributed by atoms with van der Waals surface area (Å²) in [6, 6.07) is 1.38. The van der Waals surface area contributed by atoms with Gasteiger partial charge in [0.15, 0.2) is 0 Å². The largest absolute Gasteiger partial charge is 0.381 e. The van der Waals surface area contributed by atoms with E-state index in [1.54, 1.807) is 0 Å². The Morgan fingerprint density at radius 3 is 2.06 bits per heavy atom. The molecule has 0 heterocycles. The lowest BCUT2D eigenvalue weighted by molar-refractivity contribution is 0.0768. The molecule has 2 aliphatic rings. The van der Waals surface area contributed by atoms with Gasteiger partial charge in [0.05, 0.1) is 6.10 Å². The van der Waals surface area contributed by atoms with Crippen molar-refractivity contribution in [1.29, 1.82) is 0 Å². The fraction of sp³-hybridized carbons (Fsp3) is 1.00. The van der Waals surface area contributed by atoms with E-state index >= 15 is 0 Å². The maximum absolute atomic E-state index is 5.47. The lowest BCUT2D eigenvalue weighted by Gasteiger charge is -2.46. The third-order valence-corrected chi connectivity index (χ3v) is 4.74. The molecule has 2 atom stereocenters. The van der Waals surface area contributed by atoms with Gasteiger partial charge in [-0.25, -0.2) is 0 Å². The summed E-state index contributed by atoms with van der Waals surface area (Å²) in [6.45, 7) is 9.70. The Kier molecular flexibility index (Phi) is 4.08. The highest BCUT2D eigenvalue weighted by Crippen LogP contribution is 2.46. The molecule has 0 radical (unpaired) electrons. The average Bonchev–Trinajstić information content (AvgIpc) is 2.60. The van der Waals surface area contributed by atoms with Crippen molar-refractivity contribution >= 4 is 0 Å². The summed E-state index contributed by atoms with van der Waals surface area (Å²) in [6.07, 6.45) is 8.21. The van der Waals surface area contributed by atoms with Gasteiger partial charge in [-0.3, -0.25) is 0 Å². The minimum Gasteiger partial charge on any atom is -0.381 e. The fourth-order valence-corrected chi connectivity index (χ4v) is 4.60. The number of ether oxygens (including phenoxy) is 1. The molecule has 18 heavy (non-hydrogen) atoms. The van der Waals surface area contributed by atoms with Gasteiger partial charge >= 0.3 is 0 Å². The Labute approximate surface area is 113 Å². The van der Waals surface area contributed by atoms with Gasteiger partial charge in [-0.1, -0.05) is 27.7 Å². The van der Waals surface area contributed by atoms with E-state index in [2.05, 4.69) is 33.0 Å². The van der Waals surface area contributed by atoms with Gasteiger partial charge in [-0.2, -0.15) is 0 Å². The normalized spacial score (nSPS) is 35.8. The van der Waals surface area contributed by atoms with Gasteiger partial charge in [-0.15, -0.1) is 0 Å². The van der Waals surface area contributed by atoms with Crippen molar-refractivity contribution in [2.45, 2.75) is 84.4 Å². The van der Waals surface area contributed by atoms with E-state index < -0.39 is 0 Å². The highest BCUT2D eigenvalue weighted by atomic mass is 16.5. The highest BCUT2D eigenvalue weighted by molar-refractivity contribution is 4.94. The van der Waals surface area contributed by atoms with Crippen LogP contribution in [0.3, 0.4) is 0 Å². The minimum absolute atomic E-state index is 0.485. The summed E-state index contributed by atoms with van der Waals surface area (Å²) in [7, 11) is 1.85. The van der Waals surface area contributed by atoms with Crippen LogP contribution in [0.15, 0.2) is 0 Å². The second-order valence-corrected chi connectivity index (χ2v) is 8.14. The maximum atomic E-state index is 5.47. The van der Waals surface area contributed by atoms with Crippen molar-refractivity contribution in [1.82, 2.24) is 5.32 Å². The van der Waals surface area contributed by atoms with Crippen LogP contribution in [0.2, 0.25) is 0 Å². The first kappa shape index (κ1) is 14.3. The Balaban J connectivity index is 1.89. The zero-order valence-electron chi connectivity index (χ0n) is 12.9. The van der Waals surface area contributed by atoms with E-state index in [1.165, 1.54) is 38.5 Å². The standard InChI is InChI=1S/C16H31NO/c1-15(2)9-13(10-16(3,4)11-15)17-12-6-7-14(8-12)18-5/h12-14,17H,6-11H2,1-5H3. The van der Waals surface area contributed by atoms with Crippen LogP contribution in [0, 0.1) is 10.8 Å². The molecule has 2 saturated carbocycles. The monoisotopic (exact) mass is 253 g/mol. The summed E-state index contributed by atoms with van der Waals surface area (Å²) < 4.78 is 5.47. The summed E-state index contributed by atoms with van der Waals surface area (Å²) in [5.41, 5.74) is 0.970. The van der Waals surface area contributed by atoms with Crippen LogP contribution < -0.4 is 5.32 Å². The molecule has 1 N–H and O–H groups in total. The molecule has 0 saturated heterocycles. The number of hydrogen-bond donors (Lipinski definition) is 1. The first-order chi connectivity index (χ1) is 8.30. The van der Waals surface area contributed by atoms with Crippen LogP contribution >= 0.6 is 0 Å². The van der Waals surface area contributed by atoms with Gasteiger partial charge in [0, 0.05) is 19.2 Å². The molecule has 0 bridgehead atoms. The molecule has 0 amide bonds. The second kappa shape index (κ2) is 5.13. The Morgan fingerprint density at radius 2 is 1.56 bits per heavy atom. The van der Waals surface area contributed by atoms with Crippen LogP contribution in [-0.2, 0) is 4.74 Å². The fourth-order valence-electron chi connectivity index (χ4n) is 4.60. The van der Waals surface area contributed by atoms with E-state index in [0.717, 1.165) is 0 Å². The van der Waals surface area contributed by atoms with E-state index in [4.69, 9.17) is 4.74 Å². The molecule has 0 aliphatic heterocycles. The van der Waals surface area contributed by atoms with Crippen LogP contribution in [0.4, 0.5) is 0 Å². The van der Waals surface area contributed by atoms with Gasteiger partial charge in [0.1, 0.15) is 0 Å². The van der Waals surface area contributed by atoms with Gasteiger partial charge in [0.2, 0.25) is 0 Å². The van der Waals surface area contributed by atoms with E-state index in [1.807, 2.05) is 7.11 Å². The number of hydrogen-bond acceptors (Lipinski definition) is 2. The quantitative estimate of drug-likeness (QED) is 0.827. The second-order valence-electron chi connectivity index (χ2n) is 8.14. The lowest BCUT2D eigenvalue weighted by atomic mass is 9.63. The third kappa shape index (κ3) is 3.71. The molecule has 0 aromatic carbocycles. The first-order valence-corrected chi connectivity index (χ1v) is 7.59. The molecule has 2 nitrogen and oxygen atoms in total. The van der Waals surface area contributed by atoms with Crippen molar-refractivity contribution < 1.29 is 4.74 Å². The van der Waals surface area contributed by atoms with E-state index in [9.17, 15) is 0 Å². The SMILES string of the molecule is COC1CCC(NC2CC(C)(C)CC(C)(C)C2)C1. The molecule has 2 unspecified atom stereocenters. The third-order valence-electron chi connectivity index (χ3n) is 4.74. The molecule has 0 spiro atoms. The summed E-state index contributed by atoms with van der Waals surface area (Å²) >= 11 is 0. The Bertz CT molecular complexity index is 269. The van der Waals surface area contributed by atoms with Gasteiger partial charge in [0.25, 0.3) is 0 Å². The van der Waals surface area contributed by atoms with Crippen LogP contribution in [0.5, 0.6) is 0 Å². The Morgan fingerprint density at radius 1 is 0.944 bits per heavy atom. The van der Waals surface area contributed by atoms with Gasteiger partial charge in [-0.05, 0) is 49.4 Å². The minimum atomic E-state index is 0.485. The molecular formula is C16H31NO. The van der Waals surface area contributed by atoms with Crippen LogP contribution in [-0.4, -0.2) is 25.3 Å². The maximum Gasteiger partial charge on any atom is 0.0586 e. The summed E-state index contributed by atoms with van der Waals surface area (Å²) in [5, 5.41) is 3.91. The van der Waals surface area contributed by atoms with Crippen molar-refractivity contribution in [3.05, 3.63) is 0 Å². The number of rotatable bonds is 3. The van der Waals surface area contributed by atoms with Crippen LogP contribution in [0.1, 0.15) is 66.2 Å². The highest BCUT2D eigenvalue weighted by Gasteiger charge is 2.39. The molecule has 2 aliphatic carbocycles. The Hall–Kier alpha value is -0.0800. The average molecular weight is 253 g/mol. The smallest absolute Gasteiger partial charge is 0.0586 e. The molecule has 0 aromatic rings. The molecule has 0 aromatic heterocycles. The predicted octanol–water partition coefficient (Wildman–Crippen LogP) is 3.75. The van der Waals surface area contributed by atoms with Crippen LogP contribution in [0.25, 0.3) is 0 Å². The van der Waals surface area contributed by atoms with Crippen molar-refractivity contribution in [3.8, 4) is 0 Å². The summed E-state index contributed by atoms with van der Waals surface area (Å²) in [4.78, 5) is 0. The van der Waals surface area contributed by atoms with Crippen molar-refractivity contribution in [2.75, 3.05) is 7.11 Å². The topological polar surface area (TPSA) is 21.3 Å². The molecule has 2 fully saturated rings. The molecular weight excluding hydrogens is 222 g/mol. The predicted molar refractivity (Wildman–Crippen MR) is 76.8 cm³/mol. The molecule has 2 rings (SSSR count). The van der Waals surface area contributed by atoms with E-state index in [0.29, 0.717) is 29.0 Å².